The monoisotopic (exact) mass is 281 g/mol. The number of tetrazole rings is 1. The minimum atomic E-state index is -0.610. The number of nitrogens with one attached hydrogen (secondary N) is 1. The highest BCUT2D eigenvalue weighted by atomic mass is 79.9. The number of aromatic amines is 1. The van der Waals surface area contributed by atoms with Gasteiger partial charge in [-0.25, -0.2) is 0 Å². The molecule has 1 atom stereocenters. The van der Waals surface area contributed by atoms with Crippen LogP contribution in [0.15, 0.2) is 28.7 Å². The Labute approximate surface area is 102 Å². The van der Waals surface area contributed by atoms with Gasteiger partial charge in [-0.05, 0) is 31.0 Å². The Morgan fingerprint density at radius 1 is 1.38 bits per heavy atom. The van der Waals surface area contributed by atoms with Crippen molar-refractivity contribution < 1.29 is 0 Å². The molecule has 0 aliphatic heterocycles. The molecule has 0 amide bonds. The number of H-pyrrole nitrogens is 1. The van der Waals surface area contributed by atoms with Crippen LogP contribution in [0.2, 0.25) is 0 Å². The van der Waals surface area contributed by atoms with Crippen molar-refractivity contribution in [1.29, 1.82) is 0 Å². The van der Waals surface area contributed by atoms with Crippen LogP contribution in [-0.4, -0.2) is 20.6 Å². The van der Waals surface area contributed by atoms with Gasteiger partial charge in [0.25, 0.3) is 0 Å². The second-order valence-corrected chi connectivity index (χ2v) is 4.87. The van der Waals surface area contributed by atoms with E-state index < -0.39 is 5.54 Å². The van der Waals surface area contributed by atoms with Gasteiger partial charge in [-0.1, -0.05) is 33.3 Å². The Morgan fingerprint density at radius 2 is 2.06 bits per heavy atom. The van der Waals surface area contributed by atoms with E-state index in [9.17, 15) is 0 Å². The standard InChI is InChI=1S/C10H12BrN5/c1-10(12,9-13-15-16-14-9)6-7-2-4-8(11)5-3-7/h2-5H,6,12H2,1H3,(H,13,14,15,16). The van der Waals surface area contributed by atoms with Gasteiger partial charge in [0.05, 0.1) is 5.54 Å². The maximum absolute atomic E-state index is 6.16. The quantitative estimate of drug-likeness (QED) is 0.891. The summed E-state index contributed by atoms with van der Waals surface area (Å²) in [6, 6.07) is 8.02. The van der Waals surface area contributed by atoms with Crippen molar-refractivity contribution in [3.05, 3.63) is 40.1 Å². The molecule has 0 spiro atoms. The zero-order chi connectivity index (χ0) is 11.6. The number of halogens is 1. The molecule has 5 nitrogen and oxygen atoms in total. The van der Waals surface area contributed by atoms with Gasteiger partial charge in [0, 0.05) is 4.47 Å². The summed E-state index contributed by atoms with van der Waals surface area (Å²) >= 11 is 3.39. The second-order valence-electron chi connectivity index (χ2n) is 3.96. The first-order valence-electron chi connectivity index (χ1n) is 4.85. The maximum Gasteiger partial charge on any atom is 0.194 e. The van der Waals surface area contributed by atoms with Gasteiger partial charge in [-0.3, -0.25) is 0 Å². The molecule has 0 saturated heterocycles. The second kappa shape index (κ2) is 4.31. The minimum absolute atomic E-state index is 0.524. The number of benzene rings is 1. The van der Waals surface area contributed by atoms with Gasteiger partial charge in [0.1, 0.15) is 0 Å². The van der Waals surface area contributed by atoms with Gasteiger partial charge in [-0.2, -0.15) is 5.21 Å². The molecule has 1 aromatic carbocycles. The van der Waals surface area contributed by atoms with E-state index in [0.717, 1.165) is 10.0 Å². The van der Waals surface area contributed by atoms with Crippen LogP contribution in [0.25, 0.3) is 0 Å². The average Bonchev–Trinajstić information content (AvgIpc) is 2.75. The summed E-state index contributed by atoms with van der Waals surface area (Å²) in [5.41, 5.74) is 6.68. The molecule has 1 unspecified atom stereocenters. The van der Waals surface area contributed by atoms with Gasteiger partial charge >= 0.3 is 0 Å². The fourth-order valence-electron chi connectivity index (χ4n) is 1.51. The van der Waals surface area contributed by atoms with Crippen molar-refractivity contribution in [3.8, 4) is 0 Å². The molecule has 6 heteroatoms. The molecule has 2 aromatic rings. The molecule has 0 saturated carbocycles. The first-order valence-corrected chi connectivity index (χ1v) is 5.64. The highest BCUT2D eigenvalue weighted by molar-refractivity contribution is 9.10. The molecule has 84 valence electrons. The smallest absolute Gasteiger partial charge is 0.194 e. The number of hydrogen-bond acceptors (Lipinski definition) is 4. The van der Waals surface area contributed by atoms with Gasteiger partial charge in [-0.15, -0.1) is 10.2 Å². The van der Waals surface area contributed by atoms with E-state index in [1.54, 1.807) is 0 Å². The number of nitrogens with zero attached hydrogens (tertiary/aromatic N) is 3. The molecule has 1 heterocycles. The zero-order valence-corrected chi connectivity index (χ0v) is 10.4. The predicted octanol–water partition coefficient (Wildman–Crippen LogP) is 1.38. The van der Waals surface area contributed by atoms with Crippen LogP contribution < -0.4 is 5.73 Å². The SMILES string of the molecule is CC(N)(Cc1ccc(Br)cc1)c1nn[nH]n1. The summed E-state index contributed by atoms with van der Waals surface area (Å²) < 4.78 is 1.05. The molecule has 0 bridgehead atoms. The highest BCUT2D eigenvalue weighted by Gasteiger charge is 2.26. The van der Waals surface area contributed by atoms with E-state index in [0.29, 0.717) is 12.2 Å². The van der Waals surface area contributed by atoms with E-state index in [-0.39, 0.29) is 0 Å². The first-order chi connectivity index (χ1) is 7.58. The summed E-state index contributed by atoms with van der Waals surface area (Å²) in [5, 5.41) is 13.8. The van der Waals surface area contributed by atoms with E-state index in [1.807, 2.05) is 31.2 Å². The largest absolute Gasteiger partial charge is 0.319 e. The van der Waals surface area contributed by atoms with Crippen molar-refractivity contribution in [3.63, 3.8) is 0 Å². The fraction of sp³-hybridized carbons (Fsp3) is 0.300. The van der Waals surface area contributed by atoms with Crippen LogP contribution in [0.3, 0.4) is 0 Å². The Hall–Kier alpha value is -1.27. The molecule has 3 N–H and O–H groups in total. The lowest BCUT2D eigenvalue weighted by atomic mass is 9.93. The van der Waals surface area contributed by atoms with Crippen LogP contribution >= 0.6 is 15.9 Å². The Kier molecular flexibility index (Phi) is 3.02. The first kappa shape index (κ1) is 11.2. The summed E-state index contributed by atoms with van der Waals surface area (Å²) in [4.78, 5) is 0. The zero-order valence-electron chi connectivity index (χ0n) is 8.81. The van der Waals surface area contributed by atoms with Gasteiger partial charge in [0.15, 0.2) is 5.82 Å². The van der Waals surface area contributed by atoms with E-state index in [2.05, 4.69) is 36.6 Å². The third-order valence-corrected chi connectivity index (χ3v) is 2.87. The molecule has 1 aromatic heterocycles. The molecule has 0 radical (unpaired) electrons. The normalized spacial score (nSPS) is 14.7. The van der Waals surface area contributed by atoms with Gasteiger partial charge in [0.2, 0.25) is 0 Å². The molecule has 0 fully saturated rings. The van der Waals surface area contributed by atoms with Crippen molar-refractivity contribution in [2.75, 3.05) is 0 Å². The Balaban J connectivity index is 2.18. The third-order valence-electron chi connectivity index (χ3n) is 2.34. The van der Waals surface area contributed by atoms with Gasteiger partial charge < -0.3 is 5.73 Å². The predicted molar refractivity (Wildman–Crippen MR) is 63.6 cm³/mol. The highest BCUT2D eigenvalue weighted by Crippen LogP contribution is 2.20. The molecule has 0 aliphatic rings. The third kappa shape index (κ3) is 2.45. The van der Waals surface area contributed by atoms with Crippen molar-refractivity contribution >= 4 is 15.9 Å². The number of aromatic nitrogens is 4. The van der Waals surface area contributed by atoms with Crippen molar-refractivity contribution in [2.45, 2.75) is 18.9 Å². The number of rotatable bonds is 3. The molecule has 0 aliphatic carbocycles. The minimum Gasteiger partial charge on any atom is -0.319 e. The summed E-state index contributed by atoms with van der Waals surface area (Å²) in [6.07, 6.45) is 0.666. The average molecular weight is 282 g/mol. The molecular formula is C10H12BrN5. The van der Waals surface area contributed by atoms with E-state index in [4.69, 9.17) is 5.73 Å². The molecule has 16 heavy (non-hydrogen) atoms. The maximum atomic E-state index is 6.16. The summed E-state index contributed by atoms with van der Waals surface area (Å²) in [6.45, 7) is 1.89. The molecular weight excluding hydrogens is 270 g/mol. The lowest BCUT2D eigenvalue weighted by molar-refractivity contribution is 0.459. The topological polar surface area (TPSA) is 80.5 Å². The van der Waals surface area contributed by atoms with Crippen LogP contribution in [0, 0.1) is 0 Å². The van der Waals surface area contributed by atoms with Crippen LogP contribution in [0.4, 0.5) is 0 Å². The van der Waals surface area contributed by atoms with Crippen LogP contribution in [0.1, 0.15) is 18.3 Å². The lowest BCUT2D eigenvalue weighted by Crippen LogP contribution is -2.36. The fourth-order valence-corrected chi connectivity index (χ4v) is 1.77. The lowest BCUT2D eigenvalue weighted by Gasteiger charge is -2.20. The van der Waals surface area contributed by atoms with Crippen molar-refractivity contribution in [2.24, 2.45) is 5.73 Å². The molecule has 2 rings (SSSR count). The summed E-state index contributed by atoms with van der Waals surface area (Å²) in [5.74, 6) is 0.524. The van der Waals surface area contributed by atoms with E-state index in [1.165, 1.54) is 0 Å². The Morgan fingerprint density at radius 3 is 2.62 bits per heavy atom. The van der Waals surface area contributed by atoms with Crippen molar-refractivity contribution in [1.82, 2.24) is 20.6 Å². The van der Waals surface area contributed by atoms with Crippen LogP contribution in [0.5, 0.6) is 0 Å². The number of nitrogens with two attached hydrogens (primary N) is 1. The van der Waals surface area contributed by atoms with E-state index >= 15 is 0 Å². The Bertz CT molecular complexity index is 449. The van der Waals surface area contributed by atoms with Crippen LogP contribution in [-0.2, 0) is 12.0 Å². The summed E-state index contributed by atoms with van der Waals surface area (Å²) in [7, 11) is 0. The number of hydrogen-bond donors (Lipinski definition) is 2.